The van der Waals surface area contributed by atoms with Gasteiger partial charge in [-0.15, -0.1) is 0 Å². The normalized spacial score (nSPS) is 14.6. The van der Waals surface area contributed by atoms with E-state index in [1.54, 1.807) is 0 Å². The van der Waals surface area contributed by atoms with Crippen LogP contribution < -0.4 is 9.47 Å². The van der Waals surface area contributed by atoms with Crippen LogP contribution in [0.2, 0.25) is 0 Å². The molecule has 2 aromatic carbocycles. The van der Waals surface area contributed by atoms with Crippen molar-refractivity contribution in [2.75, 3.05) is 14.2 Å². The molecule has 0 N–H and O–H groups in total. The molecule has 8 heteroatoms. The van der Waals surface area contributed by atoms with Gasteiger partial charge in [0, 0.05) is 0 Å². The highest BCUT2D eigenvalue weighted by molar-refractivity contribution is 5.37. The van der Waals surface area contributed by atoms with E-state index in [9.17, 15) is 26.3 Å². The molecule has 0 aliphatic carbocycles. The molecule has 0 aromatic heterocycles. The Morgan fingerprint density at radius 2 is 0.846 bits per heavy atom. The second-order valence-electron chi connectivity index (χ2n) is 5.58. The van der Waals surface area contributed by atoms with Crippen molar-refractivity contribution < 1.29 is 35.8 Å². The van der Waals surface area contributed by atoms with Crippen LogP contribution >= 0.6 is 0 Å². The molecule has 0 fully saturated rings. The highest BCUT2D eigenvalue weighted by Crippen LogP contribution is 2.52. The molecule has 0 saturated carbocycles. The van der Waals surface area contributed by atoms with E-state index in [4.69, 9.17) is 9.47 Å². The van der Waals surface area contributed by atoms with Gasteiger partial charge in [-0.1, -0.05) is 24.3 Å². The zero-order valence-corrected chi connectivity index (χ0v) is 13.9. The summed E-state index contributed by atoms with van der Waals surface area (Å²) in [6.45, 7) is 0. The molecule has 0 radical (unpaired) electrons. The van der Waals surface area contributed by atoms with E-state index in [1.807, 2.05) is 0 Å². The molecule has 2 aromatic rings. The Kier molecular flexibility index (Phi) is 5.73. The van der Waals surface area contributed by atoms with E-state index in [0.29, 0.717) is 0 Å². The standard InChI is InChI=1S/C18H16F6O2/c1-25-13-7-3-11(4-8-13)15(17(19,20)21)16(18(22,23)24)12-5-9-14(26-2)10-6-12/h3-10,15-16H,1-2H3/t15-,16+. The summed E-state index contributed by atoms with van der Waals surface area (Å²) >= 11 is 0. The third-order valence-corrected chi connectivity index (χ3v) is 3.99. The number of hydrogen-bond acceptors (Lipinski definition) is 2. The molecular formula is C18H16F6O2. The highest BCUT2D eigenvalue weighted by Gasteiger charge is 2.56. The van der Waals surface area contributed by atoms with Crippen molar-refractivity contribution >= 4 is 0 Å². The second-order valence-corrected chi connectivity index (χ2v) is 5.58. The third-order valence-electron chi connectivity index (χ3n) is 3.99. The van der Waals surface area contributed by atoms with E-state index in [0.717, 1.165) is 24.3 Å². The van der Waals surface area contributed by atoms with Gasteiger partial charge in [0.05, 0.1) is 26.1 Å². The first-order valence-electron chi connectivity index (χ1n) is 7.49. The van der Waals surface area contributed by atoms with Crippen LogP contribution in [0.4, 0.5) is 26.3 Å². The first-order valence-corrected chi connectivity index (χ1v) is 7.49. The summed E-state index contributed by atoms with van der Waals surface area (Å²) < 4.78 is 91.6. The minimum Gasteiger partial charge on any atom is -0.497 e. The topological polar surface area (TPSA) is 18.5 Å². The fraction of sp³-hybridized carbons (Fsp3) is 0.333. The lowest BCUT2D eigenvalue weighted by Gasteiger charge is -2.31. The van der Waals surface area contributed by atoms with Crippen LogP contribution in [0.5, 0.6) is 11.5 Å². The largest absolute Gasteiger partial charge is 0.497 e. The smallest absolute Gasteiger partial charge is 0.396 e. The first kappa shape index (κ1) is 19.9. The van der Waals surface area contributed by atoms with Crippen molar-refractivity contribution in [1.29, 1.82) is 0 Å². The summed E-state index contributed by atoms with van der Waals surface area (Å²) in [6.07, 6.45) is -10.2. The summed E-state index contributed by atoms with van der Waals surface area (Å²) in [6, 6.07) is 8.81. The zero-order valence-electron chi connectivity index (χ0n) is 13.9. The molecular weight excluding hydrogens is 362 g/mol. The second kappa shape index (κ2) is 7.47. The SMILES string of the molecule is COc1ccc([C@H]([C@H](c2ccc(OC)cc2)C(F)(F)F)C(F)(F)F)cc1. The molecule has 0 unspecified atom stereocenters. The lowest BCUT2D eigenvalue weighted by atomic mass is 9.80. The molecule has 0 spiro atoms. The maximum Gasteiger partial charge on any atom is 0.396 e. The number of hydrogen-bond donors (Lipinski definition) is 0. The Morgan fingerprint density at radius 3 is 1.04 bits per heavy atom. The van der Waals surface area contributed by atoms with Gasteiger partial charge in [0.15, 0.2) is 0 Å². The van der Waals surface area contributed by atoms with Crippen molar-refractivity contribution in [2.24, 2.45) is 0 Å². The van der Waals surface area contributed by atoms with Crippen molar-refractivity contribution in [2.45, 2.75) is 24.2 Å². The molecule has 26 heavy (non-hydrogen) atoms. The summed E-state index contributed by atoms with van der Waals surface area (Å²) in [7, 11) is 2.62. The molecule has 0 aliphatic rings. The fourth-order valence-corrected chi connectivity index (χ4v) is 2.76. The number of benzene rings is 2. The quantitative estimate of drug-likeness (QED) is 0.622. The molecule has 2 atom stereocenters. The number of rotatable bonds is 5. The van der Waals surface area contributed by atoms with Crippen molar-refractivity contribution in [1.82, 2.24) is 0 Å². The number of methoxy groups -OCH3 is 2. The maximum absolute atomic E-state index is 13.6. The van der Waals surface area contributed by atoms with E-state index in [1.165, 1.54) is 38.5 Å². The van der Waals surface area contributed by atoms with Crippen LogP contribution in [-0.2, 0) is 0 Å². The molecule has 0 amide bonds. The number of alkyl halides is 6. The van der Waals surface area contributed by atoms with E-state index in [-0.39, 0.29) is 11.5 Å². The lowest BCUT2D eigenvalue weighted by molar-refractivity contribution is -0.211. The van der Waals surface area contributed by atoms with Gasteiger partial charge in [0.2, 0.25) is 0 Å². The molecule has 0 bridgehead atoms. The Morgan fingerprint density at radius 1 is 0.577 bits per heavy atom. The van der Waals surface area contributed by atoms with Gasteiger partial charge in [-0.25, -0.2) is 0 Å². The predicted molar refractivity (Wildman–Crippen MR) is 83.6 cm³/mol. The summed E-state index contributed by atoms with van der Waals surface area (Å²) in [5.41, 5.74) is -0.979. The molecule has 0 aliphatic heterocycles. The van der Waals surface area contributed by atoms with Crippen molar-refractivity contribution in [3.8, 4) is 11.5 Å². The Bertz CT molecular complexity index is 641. The Balaban J connectivity index is 2.58. The molecule has 0 heterocycles. The van der Waals surface area contributed by atoms with E-state index >= 15 is 0 Å². The lowest BCUT2D eigenvalue weighted by Crippen LogP contribution is -2.35. The fourth-order valence-electron chi connectivity index (χ4n) is 2.76. The van der Waals surface area contributed by atoms with Crippen LogP contribution in [0.25, 0.3) is 0 Å². The third kappa shape index (κ3) is 4.42. The molecule has 2 rings (SSSR count). The van der Waals surface area contributed by atoms with Gasteiger partial charge < -0.3 is 9.47 Å². The van der Waals surface area contributed by atoms with Gasteiger partial charge in [-0.05, 0) is 35.4 Å². The predicted octanol–water partition coefficient (Wildman–Crippen LogP) is 5.70. The molecule has 142 valence electrons. The number of ether oxygens (including phenoxy) is 2. The van der Waals surface area contributed by atoms with Crippen molar-refractivity contribution in [3.05, 3.63) is 59.7 Å². The van der Waals surface area contributed by atoms with E-state index in [2.05, 4.69) is 0 Å². The number of halogens is 6. The molecule has 0 saturated heterocycles. The Labute approximate surface area is 146 Å². The van der Waals surface area contributed by atoms with Gasteiger partial charge >= 0.3 is 12.4 Å². The Hall–Kier alpha value is -2.38. The average molecular weight is 378 g/mol. The van der Waals surface area contributed by atoms with Crippen LogP contribution in [-0.4, -0.2) is 26.6 Å². The van der Waals surface area contributed by atoms with E-state index < -0.39 is 35.3 Å². The van der Waals surface area contributed by atoms with Crippen LogP contribution in [0.3, 0.4) is 0 Å². The van der Waals surface area contributed by atoms with Crippen LogP contribution in [0, 0.1) is 0 Å². The average Bonchev–Trinajstić information content (AvgIpc) is 2.58. The van der Waals surface area contributed by atoms with Gasteiger partial charge in [-0.3, -0.25) is 0 Å². The summed E-state index contributed by atoms with van der Waals surface area (Å²) in [4.78, 5) is 0. The van der Waals surface area contributed by atoms with Gasteiger partial charge in [0.25, 0.3) is 0 Å². The minimum absolute atomic E-state index is 0.252. The van der Waals surface area contributed by atoms with Gasteiger partial charge in [0.1, 0.15) is 11.5 Å². The van der Waals surface area contributed by atoms with Gasteiger partial charge in [-0.2, -0.15) is 26.3 Å². The summed E-state index contributed by atoms with van der Waals surface area (Å²) in [5, 5.41) is 0. The monoisotopic (exact) mass is 378 g/mol. The summed E-state index contributed by atoms with van der Waals surface area (Å²) in [5.74, 6) is -4.99. The highest BCUT2D eigenvalue weighted by atomic mass is 19.4. The van der Waals surface area contributed by atoms with Crippen LogP contribution in [0.1, 0.15) is 23.0 Å². The first-order chi connectivity index (χ1) is 12.1. The van der Waals surface area contributed by atoms with Crippen molar-refractivity contribution in [3.63, 3.8) is 0 Å². The maximum atomic E-state index is 13.6. The molecule has 2 nitrogen and oxygen atoms in total. The zero-order chi connectivity index (χ0) is 19.5. The van der Waals surface area contributed by atoms with Crippen LogP contribution in [0.15, 0.2) is 48.5 Å². The minimum atomic E-state index is -5.10.